The molecular weight excluding hydrogens is 340 g/mol. The second-order valence-corrected chi connectivity index (χ2v) is 20.1. The van der Waals surface area contributed by atoms with Crippen LogP contribution in [-0.2, 0) is 4.43 Å². The van der Waals surface area contributed by atoms with Gasteiger partial charge in [-0.3, -0.25) is 0 Å². The summed E-state index contributed by atoms with van der Waals surface area (Å²) in [5.74, 6) is 0.746. The molecule has 1 atom stereocenters. The third-order valence-corrected chi connectivity index (χ3v) is 16.5. The molecule has 3 nitrogen and oxygen atoms in total. The fourth-order valence-electron chi connectivity index (χ4n) is 5.84. The predicted molar refractivity (Wildman–Crippen MR) is 118 cm³/mol. The zero-order valence-corrected chi connectivity index (χ0v) is 20.9. The number of nitrogens with zero attached hydrogens (tertiary/aromatic N) is 2. The molecule has 1 saturated heterocycles. The Bertz CT molecular complexity index is 369. The summed E-state index contributed by atoms with van der Waals surface area (Å²) in [4.78, 5) is 2.71. The molecule has 150 valence electrons. The SMILES string of the molecule is CO[Si](C)(C)CC(C)CN1CCN([Si](C(C)C)(C(C)C)C(C)C)CC1. The van der Waals surface area contributed by atoms with E-state index in [1.54, 1.807) is 0 Å². The molecule has 1 aliphatic heterocycles. The van der Waals surface area contributed by atoms with Crippen LogP contribution in [0.25, 0.3) is 0 Å². The molecule has 1 rings (SSSR count). The zero-order chi connectivity index (χ0) is 19.4. The molecule has 0 aromatic carbocycles. The van der Waals surface area contributed by atoms with Crippen molar-refractivity contribution < 1.29 is 4.43 Å². The van der Waals surface area contributed by atoms with Crippen LogP contribution in [0.2, 0.25) is 35.8 Å². The highest BCUT2D eigenvalue weighted by atomic mass is 28.4. The van der Waals surface area contributed by atoms with Gasteiger partial charge < -0.3 is 13.9 Å². The van der Waals surface area contributed by atoms with Gasteiger partial charge in [-0.2, -0.15) is 0 Å². The van der Waals surface area contributed by atoms with Crippen molar-refractivity contribution in [1.82, 2.24) is 9.47 Å². The predicted octanol–water partition coefficient (Wildman–Crippen LogP) is 5.27. The second-order valence-electron chi connectivity index (χ2n) is 9.91. The Hall–Kier alpha value is 0.314. The molecule has 0 aromatic rings. The minimum Gasteiger partial charge on any atom is -0.420 e. The number of piperazine rings is 1. The van der Waals surface area contributed by atoms with Crippen molar-refractivity contribution in [2.24, 2.45) is 5.92 Å². The lowest BCUT2D eigenvalue weighted by Gasteiger charge is -2.54. The van der Waals surface area contributed by atoms with Crippen LogP contribution in [-0.4, -0.2) is 65.9 Å². The average molecular weight is 387 g/mol. The lowest BCUT2D eigenvalue weighted by molar-refractivity contribution is 0.161. The van der Waals surface area contributed by atoms with E-state index in [2.05, 4.69) is 71.0 Å². The first-order valence-electron chi connectivity index (χ1n) is 10.5. The summed E-state index contributed by atoms with van der Waals surface area (Å²) < 4.78 is 8.72. The van der Waals surface area contributed by atoms with Gasteiger partial charge in [0.25, 0.3) is 0 Å². The molecule has 1 fully saturated rings. The summed E-state index contributed by atoms with van der Waals surface area (Å²) in [6.07, 6.45) is 0. The minimum atomic E-state index is -1.45. The third kappa shape index (κ3) is 5.64. The van der Waals surface area contributed by atoms with Crippen LogP contribution in [0, 0.1) is 5.92 Å². The van der Waals surface area contributed by atoms with Gasteiger partial charge in [-0.25, -0.2) is 0 Å². The molecule has 1 heterocycles. The Kier molecular flexibility index (Phi) is 8.87. The molecule has 0 aromatic heterocycles. The Morgan fingerprint density at radius 3 is 1.60 bits per heavy atom. The smallest absolute Gasteiger partial charge is 0.186 e. The van der Waals surface area contributed by atoms with Gasteiger partial charge in [-0.1, -0.05) is 48.5 Å². The van der Waals surface area contributed by atoms with E-state index in [9.17, 15) is 0 Å². The Labute approximate surface area is 160 Å². The van der Waals surface area contributed by atoms with Crippen molar-refractivity contribution in [3.63, 3.8) is 0 Å². The third-order valence-electron chi connectivity index (χ3n) is 6.66. The van der Waals surface area contributed by atoms with Crippen molar-refractivity contribution >= 4 is 16.6 Å². The molecule has 0 saturated carbocycles. The molecule has 1 unspecified atom stereocenters. The van der Waals surface area contributed by atoms with E-state index in [1.165, 1.54) is 38.8 Å². The van der Waals surface area contributed by atoms with Gasteiger partial charge in [0.2, 0.25) is 0 Å². The van der Waals surface area contributed by atoms with E-state index in [-0.39, 0.29) is 0 Å². The maximum Gasteiger partial charge on any atom is 0.186 e. The summed E-state index contributed by atoms with van der Waals surface area (Å²) in [5, 5.41) is 0. The highest BCUT2D eigenvalue weighted by Crippen LogP contribution is 2.44. The summed E-state index contributed by atoms with van der Waals surface area (Å²) in [6.45, 7) is 28.3. The molecule has 25 heavy (non-hydrogen) atoms. The highest BCUT2D eigenvalue weighted by molar-refractivity contribution is 6.81. The van der Waals surface area contributed by atoms with E-state index in [1.807, 2.05) is 7.11 Å². The van der Waals surface area contributed by atoms with Crippen LogP contribution in [0.5, 0.6) is 0 Å². The van der Waals surface area contributed by atoms with E-state index in [0.717, 1.165) is 22.5 Å². The quantitative estimate of drug-likeness (QED) is 0.502. The number of hydrogen-bond acceptors (Lipinski definition) is 3. The van der Waals surface area contributed by atoms with Gasteiger partial charge in [-0.05, 0) is 41.7 Å². The van der Waals surface area contributed by atoms with E-state index >= 15 is 0 Å². The van der Waals surface area contributed by atoms with E-state index < -0.39 is 16.6 Å². The van der Waals surface area contributed by atoms with Crippen molar-refractivity contribution in [2.45, 2.75) is 84.2 Å². The maximum atomic E-state index is 5.76. The molecule has 0 aliphatic carbocycles. The molecule has 0 N–H and O–H groups in total. The maximum absolute atomic E-state index is 5.76. The van der Waals surface area contributed by atoms with E-state index in [4.69, 9.17) is 4.43 Å². The van der Waals surface area contributed by atoms with Gasteiger partial charge in [0.05, 0.1) is 0 Å². The standard InChI is InChI=1S/C20H46N2OSi2/c1-17(2)25(18(3)4,19(5)6)22-13-11-21(12-14-22)15-20(7)16-24(9,10)23-8/h17-20H,11-16H2,1-10H3. The highest BCUT2D eigenvalue weighted by Gasteiger charge is 2.48. The van der Waals surface area contributed by atoms with Gasteiger partial charge >= 0.3 is 0 Å². The normalized spacial score (nSPS) is 20.0. The average Bonchev–Trinajstić information content (AvgIpc) is 2.47. The van der Waals surface area contributed by atoms with Crippen LogP contribution in [0.1, 0.15) is 48.5 Å². The molecule has 0 amide bonds. The molecule has 1 aliphatic rings. The van der Waals surface area contributed by atoms with Crippen LogP contribution in [0.3, 0.4) is 0 Å². The first-order valence-corrected chi connectivity index (χ1v) is 15.8. The summed E-state index contributed by atoms with van der Waals surface area (Å²) >= 11 is 0. The topological polar surface area (TPSA) is 15.7 Å². The first kappa shape index (κ1) is 23.4. The second kappa shape index (κ2) is 9.49. The molecule has 0 bridgehead atoms. The monoisotopic (exact) mass is 386 g/mol. The summed E-state index contributed by atoms with van der Waals surface area (Å²) in [7, 11) is -0.996. The van der Waals surface area contributed by atoms with Gasteiger partial charge in [0, 0.05) is 39.8 Å². The molecule has 5 heteroatoms. The van der Waals surface area contributed by atoms with Crippen LogP contribution in [0.4, 0.5) is 0 Å². The molecular formula is C20H46N2OSi2. The number of rotatable bonds is 9. The van der Waals surface area contributed by atoms with Crippen molar-refractivity contribution in [2.75, 3.05) is 39.8 Å². The largest absolute Gasteiger partial charge is 0.420 e. The Balaban J connectivity index is 2.68. The lowest BCUT2D eigenvalue weighted by atomic mass is 10.2. The minimum absolute atomic E-state index is 0.746. The van der Waals surface area contributed by atoms with Crippen LogP contribution in [0.15, 0.2) is 0 Å². The Morgan fingerprint density at radius 1 is 0.800 bits per heavy atom. The lowest BCUT2D eigenvalue weighted by Crippen LogP contribution is -2.65. The van der Waals surface area contributed by atoms with Gasteiger partial charge in [-0.15, -0.1) is 0 Å². The van der Waals surface area contributed by atoms with Crippen molar-refractivity contribution in [1.29, 1.82) is 0 Å². The Morgan fingerprint density at radius 2 is 1.24 bits per heavy atom. The van der Waals surface area contributed by atoms with Crippen molar-refractivity contribution in [3.05, 3.63) is 0 Å². The fraction of sp³-hybridized carbons (Fsp3) is 1.00. The molecule has 0 spiro atoms. The zero-order valence-electron chi connectivity index (χ0n) is 18.9. The fourth-order valence-corrected chi connectivity index (χ4v) is 15.0. The number of hydrogen-bond donors (Lipinski definition) is 0. The van der Waals surface area contributed by atoms with Gasteiger partial charge in [0.15, 0.2) is 8.32 Å². The molecule has 0 radical (unpaired) electrons. The summed E-state index contributed by atoms with van der Waals surface area (Å²) in [5.41, 5.74) is 2.48. The first-order chi connectivity index (χ1) is 11.5. The van der Waals surface area contributed by atoms with Crippen LogP contribution >= 0.6 is 0 Å². The summed E-state index contributed by atoms with van der Waals surface area (Å²) in [6, 6.07) is 1.27. The van der Waals surface area contributed by atoms with Crippen LogP contribution < -0.4 is 0 Å². The van der Waals surface area contributed by atoms with Crippen molar-refractivity contribution in [3.8, 4) is 0 Å². The van der Waals surface area contributed by atoms with E-state index in [0.29, 0.717) is 0 Å². The van der Waals surface area contributed by atoms with Gasteiger partial charge in [0.1, 0.15) is 8.24 Å².